The molecule has 5 nitrogen and oxygen atoms in total. The summed E-state index contributed by atoms with van der Waals surface area (Å²) in [5.41, 5.74) is -0.315. The van der Waals surface area contributed by atoms with Crippen LogP contribution in [-0.2, 0) is 11.3 Å². The van der Waals surface area contributed by atoms with Gasteiger partial charge in [-0.05, 0) is 0 Å². The van der Waals surface area contributed by atoms with Crippen LogP contribution in [0.2, 0.25) is 0 Å². The summed E-state index contributed by atoms with van der Waals surface area (Å²) < 4.78 is 18.9. The van der Waals surface area contributed by atoms with E-state index in [9.17, 15) is 14.5 Å². The van der Waals surface area contributed by atoms with E-state index in [0.717, 1.165) is 6.07 Å². The minimum atomic E-state index is -0.820. The first-order valence-electron chi connectivity index (χ1n) is 5.75. The molecule has 0 atom stereocenters. The number of hydrogen-bond donors (Lipinski definition) is 1. The molecule has 0 saturated heterocycles. The number of benzene rings is 1. The molecule has 6 heteroatoms. The summed E-state index contributed by atoms with van der Waals surface area (Å²) in [6.07, 6.45) is 0. The monoisotopic (exact) mass is 256 g/mol. The summed E-state index contributed by atoms with van der Waals surface area (Å²) in [5.74, 6) is -0.820. The predicted molar refractivity (Wildman–Crippen MR) is 65.8 cm³/mol. The second-order valence-corrected chi connectivity index (χ2v) is 4.17. The van der Waals surface area contributed by atoms with Crippen LogP contribution in [0.15, 0.2) is 18.2 Å². The molecule has 0 fully saturated rings. The Hall–Kier alpha value is -1.53. The Labute approximate surface area is 105 Å². The predicted octanol–water partition coefficient (Wildman–Crippen LogP) is 2.25. The Kier molecular flexibility index (Phi) is 5.67. The van der Waals surface area contributed by atoms with Crippen LogP contribution >= 0.6 is 0 Å². The molecule has 0 aliphatic rings. The van der Waals surface area contributed by atoms with Crippen molar-refractivity contribution < 1.29 is 14.1 Å². The lowest BCUT2D eigenvalue weighted by Crippen LogP contribution is -2.26. The summed E-state index contributed by atoms with van der Waals surface area (Å²) >= 11 is 0. The fourth-order valence-electron chi connectivity index (χ4n) is 1.42. The largest absolute Gasteiger partial charge is 0.375 e. The zero-order chi connectivity index (χ0) is 13.5. The number of rotatable bonds is 7. The SMILES string of the molecule is CC(C)NCCOCc1cccc([N+](=O)[O-])c1F. The summed E-state index contributed by atoms with van der Waals surface area (Å²) in [5, 5.41) is 13.7. The van der Waals surface area contributed by atoms with E-state index < -0.39 is 16.4 Å². The Morgan fingerprint density at radius 3 is 2.83 bits per heavy atom. The first-order valence-corrected chi connectivity index (χ1v) is 5.75. The van der Waals surface area contributed by atoms with Crippen molar-refractivity contribution in [2.75, 3.05) is 13.2 Å². The van der Waals surface area contributed by atoms with Crippen LogP contribution in [0.4, 0.5) is 10.1 Å². The van der Waals surface area contributed by atoms with E-state index in [-0.39, 0.29) is 12.2 Å². The highest BCUT2D eigenvalue weighted by molar-refractivity contribution is 5.36. The fraction of sp³-hybridized carbons (Fsp3) is 0.500. The number of hydrogen-bond acceptors (Lipinski definition) is 4. The van der Waals surface area contributed by atoms with E-state index in [0.29, 0.717) is 19.2 Å². The van der Waals surface area contributed by atoms with Gasteiger partial charge in [-0.15, -0.1) is 0 Å². The van der Waals surface area contributed by atoms with Crippen LogP contribution in [0.5, 0.6) is 0 Å². The standard InChI is InChI=1S/C12H17FN2O3/c1-9(2)14-6-7-18-8-10-4-3-5-11(12(10)13)15(16)17/h3-5,9,14H,6-8H2,1-2H3. The normalized spacial score (nSPS) is 10.9. The second kappa shape index (κ2) is 7.03. The van der Waals surface area contributed by atoms with E-state index in [1.165, 1.54) is 12.1 Å². The third-order valence-corrected chi connectivity index (χ3v) is 2.31. The summed E-state index contributed by atoms with van der Waals surface area (Å²) in [6, 6.07) is 4.44. The van der Waals surface area contributed by atoms with Gasteiger partial charge in [-0.2, -0.15) is 4.39 Å². The lowest BCUT2D eigenvalue weighted by molar-refractivity contribution is -0.387. The zero-order valence-corrected chi connectivity index (χ0v) is 10.5. The van der Waals surface area contributed by atoms with Crippen molar-refractivity contribution in [3.05, 3.63) is 39.7 Å². The molecule has 0 saturated carbocycles. The molecule has 1 aromatic carbocycles. The maximum absolute atomic E-state index is 13.6. The van der Waals surface area contributed by atoms with E-state index in [1.807, 2.05) is 13.8 Å². The van der Waals surface area contributed by atoms with Crippen LogP contribution in [0.1, 0.15) is 19.4 Å². The van der Waals surface area contributed by atoms with Gasteiger partial charge in [-0.25, -0.2) is 0 Å². The van der Waals surface area contributed by atoms with E-state index >= 15 is 0 Å². The molecular formula is C12H17FN2O3. The Bertz CT molecular complexity index is 410. The molecule has 0 spiro atoms. The number of ether oxygens (including phenoxy) is 1. The highest BCUT2D eigenvalue weighted by atomic mass is 19.1. The van der Waals surface area contributed by atoms with Gasteiger partial charge in [0, 0.05) is 24.2 Å². The highest BCUT2D eigenvalue weighted by Crippen LogP contribution is 2.20. The van der Waals surface area contributed by atoms with Crippen molar-refractivity contribution >= 4 is 5.69 Å². The molecule has 0 radical (unpaired) electrons. The highest BCUT2D eigenvalue weighted by Gasteiger charge is 2.16. The molecule has 0 aliphatic heterocycles. The Balaban J connectivity index is 2.48. The zero-order valence-electron chi connectivity index (χ0n) is 10.5. The summed E-state index contributed by atoms with van der Waals surface area (Å²) in [6.45, 7) is 5.16. The molecule has 100 valence electrons. The molecule has 0 unspecified atom stereocenters. The van der Waals surface area contributed by atoms with Gasteiger partial charge in [0.05, 0.1) is 18.1 Å². The fourth-order valence-corrected chi connectivity index (χ4v) is 1.42. The maximum Gasteiger partial charge on any atom is 0.305 e. The van der Waals surface area contributed by atoms with Gasteiger partial charge in [-0.1, -0.05) is 26.0 Å². The minimum Gasteiger partial charge on any atom is -0.375 e. The third kappa shape index (κ3) is 4.38. The summed E-state index contributed by atoms with van der Waals surface area (Å²) in [4.78, 5) is 9.80. The first kappa shape index (κ1) is 14.5. The van der Waals surface area contributed by atoms with Crippen LogP contribution in [0, 0.1) is 15.9 Å². The smallest absolute Gasteiger partial charge is 0.305 e. The molecule has 1 N–H and O–H groups in total. The number of nitrogens with one attached hydrogen (secondary N) is 1. The van der Waals surface area contributed by atoms with Crippen molar-refractivity contribution in [1.82, 2.24) is 5.32 Å². The molecule has 1 rings (SSSR count). The molecule has 0 heterocycles. The van der Waals surface area contributed by atoms with E-state index in [1.54, 1.807) is 0 Å². The molecule has 1 aromatic rings. The summed E-state index contributed by atoms with van der Waals surface area (Å²) in [7, 11) is 0. The van der Waals surface area contributed by atoms with Gasteiger partial charge in [0.15, 0.2) is 0 Å². The average molecular weight is 256 g/mol. The molecule has 0 aromatic heterocycles. The number of halogens is 1. The lowest BCUT2D eigenvalue weighted by atomic mass is 10.2. The average Bonchev–Trinajstić information content (AvgIpc) is 2.30. The second-order valence-electron chi connectivity index (χ2n) is 4.17. The van der Waals surface area contributed by atoms with E-state index in [2.05, 4.69) is 5.32 Å². The van der Waals surface area contributed by atoms with Crippen molar-refractivity contribution in [2.24, 2.45) is 0 Å². The van der Waals surface area contributed by atoms with Crippen LogP contribution in [0.3, 0.4) is 0 Å². The number of nitrogens with zero attached hydrogens (tertiary/aromatic N) is 1. The lowest BCUT2D eigenvalue weighted by Gasteiger charge is -2.09. The van der Waals surface area contributed by atoms with Gasteiger partial charge in [0.2, 0.25) is 5.82 Å². The first-order chi connectivity index (χ1) is 8.52. The van der Waals surface area contributed by atoms with E-state index in [4.69, 9.17) is 4.74 Å². The van der Waals surface area contributed by atoms with Crippen LogP contribution in [-0.4, -0.2) is 24.1 Å². The molecule has 0 amide bonds. The molecule has 0 bridgehead atoms. The molecular weight excluding hydrogens is 239 g/mol. The van der Waals surface area contributed by atoms with Crippen molar-refractivity contribution in [3.63, 3.8) is 0 Å². The number of nitro benzene ring substituents is 1. The van der Waals surface area contributed by atoms with Gasteiger partial charge < -0.3 is 10.1 Å². The Morgan fingerprint density at radius 1 is 1.50 bits per heavy atom. The van der Waals surface area contributed by atoms with Gasteiger partial charge >= 0.3 is 5.69 Å². The topological polar surface area (TPSA) is 64.4 Å². The third-order valence-electron chi connectivity index (χ3n) is 2.31. The van der Waals surface area contributed by atoms with Gasteiger partial charge in [0.1, 0.15) is 0 Å². The van der Waals surface area contributed by atoms with Gasteiger partial charge in [0.25, 0.3) is 0 Å². The van der Waals surface area contributed by atoms with Crippen LogP contribution < -0.4 is 5.32 Å². The van der Waals surface area contributed by atoms with Crippen molar-refractivity contribution in [1.29, 1.82) is 0 Å². The maximum atomic E-state index is 13.6. The van der Waals surface area contributed by atoms with Crippen molar-refractivity contribution in [3.8, 4) is 0 Å². The number of nitro groups is 1. The Morgan fingerprint density at radius 2 is 2.22 bits per heavy atom. The van der Waals surface area contributed by atoms with Crippen LogP contribution in [0.25, 0.3) is 0 Å². The molecule has 18 heavy (non-hydrogen) atoms. The quantitative estimate of drug-likeness (QED) is 0.461. The van der Waals surface area contributed by atoms with Crippen molar-refractivity contribution in [2.45, 2.75) is 26.5 Å². The minimum absolute atomic E-state index is 0.0350. The molecule has 0 aliphatic carbocycles. The van der Waals surface area contributed by atoms with Gasteiger partial charge in [-0.3, -0.25) is 10.1 Å².